The standard InChI is InChI=1S/C23H21FN2O4S/c1-2-29-19-9-5-6-10-20(19)30-15-23(28)26-25-22(27)14-12-16-11-13-21(31-16)17-7-3-4-8-18(17)24/h3-14H,2,15H2,1H3,(H,25,27)(H,26,28)/b14-12+. The molecule has 0 saturated heterocycles. The van der Waals surface area contributed by atoms with E-state index < -0.39 is 11.8 Å². The molecule has 8 heteroatoms. The number of rotatable bonds is 8. The molecule has 0 aliphatic rings. The highest BCUT2D eigenvalue weighted by atomic mass is 32.1. The first-order chi connectivity index (χ1) is 15.1. The van der Waals surface area contributed by atoms with E-state index in [1.807, 2.05) is 6.92 Å². The van der Waals surface area contributed by atoms with E-state index in [1.165, 1.54) is 23.5 Å². The molecule has 1 heterocycles. The predicted octanol–water partition coefficient (Wildman–Crippen LogP) is 4.19. The van der Waals surface area contributed by atoms with E-state index in [2.05, 4.69) is 10.9 Å². The van der Waals surface area contributed by atoms with Gasteiger partial charge in [-0.2, -0.15) is 0 Å². The highest BCUT2D eigenvalue weighted by Crippen LogP contribution is 2.30. The second-order valence-corrected chi connectivity index (χ2v) is 7.34. The highest BCUT2D eigenvalue weighted by molar-refractivity contribution is 7.16. The fourth-order valence-corrected chi connectivity index (χ4v) is 3.54. The fourth-order valence-electron chi connectivity index (χ4n) is 2.60. The summed E-state index contributed by atoms with van der Waals surface area (Å²) in [6, 6.07) is 17.1. The van der Waals surface area contributed by atoms with Gasteiger partial charge in [0.05, 0.1) is 6.61 Å². The van der Waals surface area contributed by atoms with E-state index in [0.717, 1.165) is 9.75 Å². The SMILES string of the molecule is CCOc1ccccc1OCC(=O)NNC(=O)/C=C/c1ccc(-c2ccccc2F)s1. The van der Waals surface area contributed by atoms with Gasteiger partial charge in [-0.05, 0) is 43.3 Å². The van der Waals surface area contributed by atoms with Crippen molar-refractivity contribution in [3.63, 3.8) is 0 Å². The molecule has 3 aromatic rings. The van der Waals surface area contributed by atoms with Crippen molar-refractivity contribution in [3.8, 4) is 21.9 Å². The minimum absolute atomic E-state index is 0.287. The molecule has 6 nitrogen and oxygen atoms in total. The van der Waals surface area contributed by atoms with Crippen molar-refractivity contribution >= 4 is 29.2 Å². The molecule has 0 fully saturated rings. The van der Waals surface area contributed by atoms with E-state index in [9.17, 15) is 14.0 Å². The summed E-state index contributed by atoms with van der Waals surface area (Å²) < 4.78 is 24.7. The molecular weight excluding hydrogens is 419 g/mol. The van der Waals surface area contributed by atoms with E-state index in [0.29, 0.717) is 23.7 Å². The smallest absolute Gasteiger partial charge is 0.276 e. The molecule has 0 spiro atoms. The van der Waals surface area contributed by atoms with Crippen molar-refractivity contribution in [3.05, 3.63) is 77.4 Å². The van der Waals surface area contributed by atoms with Crippen LogP contribution in [0.15, 0.2) is 66.7 Å². The summed E-state index contributed by atoms with van der Waals surface area (Å²) >= 11 is 1.35. The van der Waals surface area contributed by atoms with Gasteiger partial charge in [0.2, 0.25) is 0 Å². The van der Waals surface area contributed by atoms with Crippen LogP contribution in [-0.4, -0.2) is 25.0 Å². The topological polar surface area (TPSA) is 76.7 Å². The van der Waals surface area contributed by atoms with E-state index >= 15 is 0 Å². The van der Waals surface area contributed by atoms with Gasteiger partial charge in [-0.25, -0.2) is 4.39 Å². The molecule has 0 bridgehead atoms. The Bertz CT molecular complexity index is 1080. The maximum atomic E-state index is 13.9. The molecule has 0 aliphatic heterocycles. The van der Waals surface area contributed by atoms with Gasteiger partial charge in [-0.15, -0.1) is 11.3 Å². The van der Waals surface area contributed by atoms with E-state index in [-0.39, 0.29) is 12.4 Å². The molecule has 2 N–H and O–H groups in total. The second kappa shape index (κ2) is 10.9. The van der Waals surface area contributed by atoms with Gasteiger partial charge in [0, 0.05) is 21.4 Å². The van der Waals surface area contributed by atoms with Crippen molar-refractivity contribution in [1.29, 1.82) is 0 Å². The van der Waals surface area contributed by atoms with E-state index in [4.69, 9.17) is 9.47 Å². The number of amides is 2. The maximum absolute atomic E-state index is 13.9. The third-order valence-corrected chi connectivity index (χ3v) is 5.08. The molecule has 0 atom stereocenters. The Balaban J connectivity index is 1.46. The summed E-state index contributed by atoms with van der Waals surface area (Å²) in [5.74, 6) is -0.356. The minimum Gasteiger partial charge on any atom is -0.490 e. The Morgan fingerprint density at radius 2 is 1.68 bits per heavy atom. The van der Waals surface area contributed by atoms with Crippen LogP contribution in [0.4, 0.5) is 4.39 Å². The number of ether oxygens (including phenoxy) is 2. The number of hydrogen-bond donors (Lipinski definition) is 2. The number of benzene rings is 2. The number of hydrazine groups is 1. The van der Waals surface area contributed by atoms with Crippen LogP contribution in [-0.2, 0) is 9.59 Å². The molecule has 3 rings (SSSR count). The van der Waals surface area contributed by atoms with E-state index in [1.54, 1.807) is 60.7 Å². The summed E-state index contributed by atoms with van der Waals surface area (Å²) in [6.45, 7) is 2.04. The lowest BCUT2D eigenvalue weighted by molar-refractivity contribution is -0.128. The molecule has 160 valence electrons. The zero-order valence-corrected chi connectivity index (χ0v) is 17.6. The second-order valence-electron chi connectivity index (χ2n) is 6.22. The molecule has 31 heavy (non-hydrogen) atoms. The Morgan fingerprint density at radius 3 is 2.42 bits per heavy atom. The minimum atomic E-state index is -0.522. The first-order valence-electron chi connectivity index (χ1n) is 9.53. The maximum Gasteiger partial charge on any atom is 0.276 e. The average Bonchev–Trinajstić information content (AvgIpc) is 3.25. The molecule has 1 aromatic heterocycles. The van der Waals surface area contributed by atoms with Gasteiger partial charge in [-0.1, -0.05) is 30.3 Å². The van der Waals surface area contributed by atoms with Crippen molar-refractivity contribution in [1.82, 2.24) is 10.9 Å². The molecule has 0 unspecified atom stereocenters. The zero-order chi connectivity index (χ0) is 22.1. The van der Waals surface area contributed by atoms with Gasteiger partial charge < -0.3 is 9.47 Å². The molecule has 0 aliphatic carbocycles. The largest absolute Gasteiger partial charge is 0.490 e. The summed E-state index contributed by atoms with van der Waals surface area (Å²) in [6.07, 6.45) is 2.87. The first-order valence-corrected chi connectivity index (χ1v) is 10.3. The lowest BCUT2D eigenvalue weighted by Gasteiger charge is -2.11. The van der Waals surface area contributed by atoms with Gasteiger partial charge in [0.25, 0.3) is 11.8 Å². The van der Waals surface area contributed by atoms with Crippen LogP contribution in [0.5, 0.6) is 11.5 Å². The number of para-hydroxylation sites is 2. The van der Waals surface area contributed by atoms with Gasteiger partial charge in [0.15, 0.2) is 18.1 Å². The number of nitrogens with one attached hydrogen (secondary N) is 2. The average molecular weight is 440 g/mol. The number of thiophene rings is 1. The number of carbonyl (C=O) groups excluding carboxylic acids is 2. The fraction of sp³-hybridized carbons (Fsp3) is 0.130. The third-order valence-electron chi connectivity index (χ3n) is 4.00. The van der Waals surface area contributed by atoms with Crippen LogP contribution in [0.25, 0.3) is 16.5 Å². The summed E-state index contributed by atoms with van der Waals surface area (Å²) in [5, 5.41) is 0. The predicted molar refractivity (Wildman–Crippen MR) is 118 cm³/mol. The van der Waals surface area contributed by atoms with Crippen LogP contribution in [0.1, 0.15) is 11.8 Å². The third kappa shape index (κ3) is 6.42. The Hall–Kier alpha value is -3.65. The quantitative estimate of drug-likeness (QED) is 0.407. The summed E-state index contributed by atoms with van der Waals surface area (Å²) in [4.78, 5) is 25.4. The normalized spacial score (nSPS) is 10.6. The van der Waals surface area contributed by atoms with Crippen molar-refractivity contribution in [2.24, 2.45) is 0 Å². The molecule has 2 aromatic carbocycles. The van der Waals surface area contributed by atoms with Gasteiger partial charge in [0.1, 0.15) is 5.82 Å². The summed E-state index contributed by atoms with van der Waals surface area (Å²) in [7, 11) is 0. The van der Waals surface area contributed by atoms with Crippen molar-refractivity contribution < 1.29 is 23.5 Å². The van der Waals surface area contributed by atoms with Crippen LogP contribution in [0, 0.1) is 5.82 Å². The van der Waals surface area contributed by atoms with Crippen LogP contribution < -0.4 is 20.3 Å². The Labute approximate surface area is 183 Å². The molecule has 0 radical (unpaired) electrons. The number of hydrogen-bond acceptors (Lipinski definition) is 5. The summed E-state index contributed by atoms with van der Waals surface area (Å²) in [5.41, 5.74) is 5.07. The zero-order valence-electron chi connectivity index (χ0n) is 16.8. The lowest BCUT2D eigenvalue weighted by Crippen LogP contribution is -2.43. The van der Waals surface area contributed by atoms with Crippen LogP contribution in [0.3, 0.4) is 0 Å². The highest BCUT2D eigenvalue weighted by Gasteiger charge is 2.09. The Kier molecular flexibility index (Phi) is 7.78. The van der Waals surface area contributed by atoms with Crippen LogP contribution in [0.2, 0.25) is 0 Å². The lowest BCUT2D eigenvalue weighted by atomic mass is 10.2. The van der Waals surface area contributed by atoms with Gasteiger partial charge >= 0.3 is 0 Å². The number of halogens is 1. The van der Waals surface area contributed by atoms with Crippen molar-refractivity contribution in [2.75, 3.05) is 13.2 Å². The Morgan fingerprint density at radius 1 is 0.968 bits per heavy atom. The van der Waals surface area contributed by atoms with Gasteiger partial charge in [-0.3, -0.25) is 20.4 Å². The first kappa shape index (κ1) is 22.0. The molecule has 2 amide bonds. The monoisotopic (exact) mass is 440 g/mol. The van der Waals surface area contributed by atoms with Crippen LogP contribution >= 0.6 is 11.3 Å². The number of carbonyl (C=O) groups is 2. The molecule has 0 saturated carbocycles. The molecular formula is C23H21FN2O4S. The van der Waals surface area contributed by atoms with Crippen molar-refractivity contribution in [2.45, 2.75) is 6.92 Å².